The van der Waals surface area contributed by atoms with E-state index in [4.69, 9.17) is 0 Å². The van der Waals surface area contributed by atoms with E-state index in [1.807, 2.05) is 0 Å². The summed E-state index contributed by atoms with van der Waals surface area (Å²) in [6.07, 6.45) is 10.1. The molecule has 0 amide bonds. The zero-order valence-corrected chi connectivity index (χ0v) is 32.8. The van der Waals surface area contributed by atoms with Gasteiger partial charge in [0.25, 0.3) is 0 Å². The molecule has 2 aliphatic rings. The first-order chi connectivity index (χ1) is 29.8. The normalized spacial score (nSPS) is 14.6. The van der Waals surface area contributed by atoms with Crippen LogP contribution >= 0.6 is 0 Å². The summed E-state index contributed by atoms with van der Waals surface area (Å²) in [6.45, 7) is 0. The first-order valence-electron chi connectivity index (χ1n) is 21.3. The van der Waals surface area contributed by atoms with Crippen molar-refractivity contribution in [3.63, 3.8) is 0 Å². The van der Waals surface area contributed by atoms with Crippen LogP contribution < -0.4 is 0 Å². The predicted octanol–water partition coefficient (Wildman–Crippen LogP) is 16.9. The Kier molecular flexibility index (Phi) is 6.49. The third-order valence-corrected chi connectivity index (χ3v) is 14.0. The number of allylic oxidation sites excluding steroid dienone is 4. The lowest BCUT2D eigenvalue weighted by Crippen LogP contribution is -2.00. The highest BCUT2D eigenvalue weighted by atomic mass is 14.3. The molecule has 0 N–H and O–H groups in total. The van der Waals surface area contributed by atoms with Crippen LogP contribution in [-0.2, 0) is 0 Å². The Hall–Kier alpha value is -7.54. The van der Waals surface area contributed by atoms with E-state index < -0.39 is 0 Å². The van der Waals surface area contributed by atoms with Crippen LogP contribution in [0.5, 0.6) is 0 Å². The van der Waals surface area contributed by atoms with Crippen molar-refractivity contribution >= 4 is 75.4 Å². The lowest BCUT2D eigenvalue weighted by atomic mass is 9.82. The van der Waals surface area contributed by atoms with Crippen molar-refractivity contribution in [1.29, 1.82) is 0 Å². The van der Waals surface area contributed by atoms with E-state index in [2.05, 4.69) is 200 Å². The van der Waals surface area contributed by atoms with E-state index in [-0.39, 0.29) is 0 Å². The van der Waals surface area contributed by atoms with Gasteiger partial charge in [-0.3, -0.25) is 0 Å². The number of benzene rings is 10. The van der Waals surface area contributed by atoms with E-state index in [1.165, 1.54) is 137 Å². The molecule has 14 rings (SSSR count). The molecule has 0 radical (unpaired) electrons. The van der Waals surface area contributed by atoms with Gasteiger partial charge < -0.3 is 0 Å². The van der Waals surface area contributed by atoms with Crippen molar-refractivity contribution in [2.45, 2.75) is 12.3 Å². The predicted molar refractivity (Wildman–Crippen MR) is 258 cm³/mol. The van der Waals surface area contributed by atoms with Crippen molar-refractivity contribution in [3.8, 4) is 55.6 Å². The average molecular weight is 757 g/mol. The van der Waals surface area contributed by atoms with Gasteiger partial charge in [0.2, 0.25) is 0 Å². The minimum absolute atomic E-state index is 0.295. The van der Waals surface area contributed by atoms with Gasteiger partial charge in [-0.05, 0) is 155 Å². The van der Waals surface area contributed by atoms with Gasteiger partial charge in [-0.1, -0.05) is 188 Å². The van der Waals surface area contributed by atoms with E-state index in [1.54, 1.807) is 0 Å². The number of rotatable bonds is 4. The van der Waals surface area contributed by atoms with Crippen molar-refractivity contribution in [2.75, 3.05) is 0 Å². The largest absolute Gasteiger partial charge is 0.0836 e. The molecule has 1 atom stereocenters. The molecule has 0 aromatic heterocycles. The molecular weight excluding hydrogens is 721 g/mol. The molecule has 0 aliphatic heterocycles. The summed E-state index contributed by atoms with van der Waals surface area (Å²) in [6, 6.07) is 66.9. The Morgan fingerprint density at radius 3 is 1.75 bits per heavy atom. The van der Waals surface area contributed by atoms with Gasteiger partial charge in [-0.25, -0.2) is 0 Å². The molecule has 0 fully saturated rings. The maximum Gasteiger partial charge on any atom is 0.00618 e. The fraction of sp³-hybridized carbons (Fsp3) is 0.0333. The van der Waals surface area contributed by atoms with Gasteiger partial charge in [-0.2, -0.15) is 0 Å². The Balaban J connectivity index is 1.22. The van der Waals surface area contributed by atoms with Crippen LogP contribution in [0.25, 0.3) is 131 Å². The van der Waals surface area contributed by atoms with Crippen LogP contribution in [0.3, 0.4) is 0 Å². The molecule has 1 unspecified atom stereocenters. The summed E-state index contributed by atoms with van der Waals surface area (Å²) in [5, 5.41) is 18.8. The Morgan fingerprint density at radius 1 is 0.317 bits per heavy atom. The summed E-state index contributed by atoms with van der Waals surface area (Å²) in [5.74, 6) is 0.295. The van der Waals surface area contributed by atoms with Crippen molar-refractivity contribution in [1.82, 2.24) is 0 Å². The van der Waals surface area contributed by atoms with Crippen LogP contribution in [0.2, 0.25) is 0 Å². The van der Waals surface area contributed by atoms with Crippen molar-refractivity contribution < 1.29 is 0 Å². The summed E-state index contributed by atoms with van der Waals surface area (Å²) in [7, 11) is 0. The van der Waals surface area contributed by atoms with Crippen molar-refractivity contribution in [2.24, 2.45) is 0 Å². The van der Waals surface area contributed by atoms with Crippen LogP contribution in [0.1, 0.15) is 17.9 Å². The molecule has 12 aromatic rings. The fourth-order valence-corrected chi connectivity index (χ4v) is 11.6. The lowest BCUT2D eigenvalue weighted by Gasteiger charge is -2.21. The molecule has 0 heteroatoms. The average Bonchev–Trinajstić information content (AvgIpc) is 3.95. The topological polar surface area (TPSA) is 0 Å². The Morgan fingerprint density at radius 2 is 0.950 bits per heavy atom. The highest BCUT2D eigenvalue weighted by Crippen LogP contribution is 2.57. The maximum absolute atomic E-state index is 2.56. The lowest BCUT2D eigenvalue weighted by molar-refractivity contribution is 0.856. The first kappa shape index (κ1) is 32.4. The van der Waals surface area contributed by atoms with E-state index in [0.717, 1.165) is 6.42 Å². The zero-order chi connectivity index (χ0) is 39.1. The Labute approximate surface area is 347 Å². The summed E-state index contributed by atoms with van der Waals surface area (Å²) in [5.41, 5.74) is 14.4. The third kappa shape index (κ3) is 4.20. The van der Waals surface area contributed by atoms with E-state index >= 15 is 0 Å². The second-order valence-corrected chi connectivity index (χ2v) is 16.9. The highest BCUT2D eigenvalue weighted by Gasteiger charge is 2.29. The molecule has 0 saturated heterocycles. The molecule has 0 bridgehead atoms. The molecule has 2 aliphatic carbocycles. The van der Waals surface area contributed by atoms with Gasteiger partial charge in [0, 0.05) is 5.92 Å². The van der Waals surface area contributed by atoms with Crippen LogP contribution in [0.15, 0.2) is 200 Å². The van der Waals surface area contributed by atoms with Gasteiger partial charge in [-0.15, -0.1) is 0 Å². The van der Waals surface area contributed by atoms with Crippen LogP contribution in [-0.4, -0.2) is 0 Å². The quantitative estimate of drug-likeness (QED) is 0.168. The molecule has 12 aromatic carbocycles. The number of hydrogen-bond donors (Lipinski definition) is 0. The summed E-state index contributed by atoms with van der Waals surface area (Å²) < 4.78 is 0. The molecule has 276 valence electrons. The standard InChI is InChI=1S/C60H36/c1-3-15-35(16-4-1)39-21-7-10-24-45(39)56-52-34-38(40-31-32-48-43-23-9-8-22-42(43)46-27-14-26-44(40)54(46)48)33-51-47-28-13-25-41(36-17-5-2-6-18-36)55(47)60(57(51)52)59-50-30-12-20-37-19-11-29-49(53(37)50)58(56)59/h1-15,17-35H,16H2. The first-order valence-corrected chi connectivity index (χ1v) is 21.3. The third-order valence-electron chi connectivity index (χ3n) is 14.0. The second-order valence-electron chi connectivity index (χ2n) is 16.9. The van der Waals surface area contributed by atoms with Gasteiger partial charge in [0.15, 0.2) is 0 Å². The highest BCUT2D eigenvalue weighted by molar-refractivity contribution is 6.49. The summed E-state index contributed by atoms with van der Waals surface area (Å²) >= 11 is 0. The molecule has 0 spiro atoms. The molecule has 0 heterocycles. The minimum Gasteiger partial charge on any atom is -0.0836 e. The Bertz CT molecular complexity index is 3810. The monoisotopic (exact) mass is 756 g/mol. The molecule has 0 nitrogen and oxygen atoms in total. The SMILES string of the molecule is C1=CCC(c2ccccc2-c2c3cc(-c4ccc5c6c(cccc46)-c4ccccc4-5)cc4c5cccc(-c6ccccc6)c5c(c34)c3c4cccc5cccc(c23)c54)C=C1. The zero-order valence-electron chi connectivity index (χ0n) is 32.8. The fourth-order valence-electron chi connectivity index (χ4n) is 11.6. The number of hydrogen-bond acceptors (Lipinski definition) is 0. The smallest absolute Gasteiger partial charge is 0.00618 e. The van der Waals surface area contributed by atoms with Gasteiger partial charge in [0.05, 0.1) is 0 Å². The van der Waals surface area contributed by atoms with Crippen molar-refractivity contribution in [3.05, 3.63) is 206 Å². The molecule has 60 heavy (non-hydrogen) atoms. The van der Waals surface area contributed by atoms with Gasteiger partial charge in [0.1, 0.15) is 0 Å². The van der Waals surface area contributed by atoms with Gasteiger partial charge >= 0.3 is 0 Å². The minimum atomic E-state index is 0.295. The van der Waals surface area contributed by atoms with Crippen LogP contribution in [0, 0.1) is 0 Å². The van der Waals surface area contributed by atoms with Crippen LogP contribution in [0.4, 0.5) is 0 Å². The number of fused-ring (bicyclic) bond motifs is 10. The molecular formula is C60H36. The van der Waals surface area contributed by atoms with E-state index in [9.17, 15) is 0 Å². The molecule has 0 saturated carbocycles. The second kappa shape index (κ2) is 12.0. The maximum atomic E-state index is 2.56. The summed E-state index contributed by atoms with van der Waals surface area (Å²) in [4.78, 5) is 0. The van der Waals surface area contributed by atoms with E-state index in [0.29, 0.717) is 5.92 Å².